The molecule has 1 saturated carbocycles. The van der Waals surface area contributed by atoms with Crippen molar-refractivity contribution in [2.75, 3.05) is 0 Å². The van der Waals surface area contributed by atoms with Crippen molar-refractivity contribution in [3.05, 3.63) is 6.92 Å². The molecule has 0 aromatic heterocycles. The van der Waals surface area contributed by atoms with Gasteiger partial charge in [0.05, 0.1) is 12.2 Å². The molecule has 0 aromatic carbocycles. The summed E-state index contributed by atoms with van der Waals surface area (Å²) in [5, 5.41) is 0. The van der Waals surface area contributed by atoms with Crippen LogP contribution in [0, 0.1) is 12.8 Å². The highest BCUT2D eigenvalue weighted by atomic mass is 16.6. The third-order valence-corrected chi connectivity index (χ3v) is 2.72. The summed E-state index contributed by atoms with van der Waals surface area (Å²) in [4.78, 5) is 0. The average molecular weight is 139 g/mol. The summed E-state index contributed by atoms with van der Waals surface area (Å²) in [6, 6.07) is 0. The van der Waals surface area contributed by atoms with E-state index in [1.54, 1.807) is 0 Å². The molecule has 3 unspecified atom stereocenters. The molecule has 2 aliphatic rings. The minimum atomic E-state index is 0.649. The van der Waals surface area contributed by atoms with Crippen molar-refractivity contribution in [3.63, 3.8) is 0 Å². The molecule has 0 spiro atoms. The van der Waals surface area contributed by atoms with Gasteiger partial charge in [0.15, 0.2) is 0 Å². The zero-order valence-electron chi connectivity index (χ0n) is 6.38. The summed E-state index contributed by atoms with van der Waals surface area (Å²) in [7, 11) is 0. The fourth-order valence-electron chi connectivity index (χ4n) is 2.12. The minimum Gasteiger partial charge on any atom is -0.369 e. The van der Waals surface area contributed by atoms with Gasteiger partial charge in [0.25, 0.3) is 0 Å². The van der Waals surface area contributed by atoms with Crippen LogP contribution in [0.5, 0.6) is 0 Å². The predicted molar refractivity (Wildman–Crippen MR) is 40.6 cm³/mol. The molecule has 1 heterocycles. The number of epoxide rings is 1. The highest BCUT2D eigenvalue weighted by molar-refractivity contribution is 4.94. The van der Waals surface area contributed by atoms with Gasteiger partial charge in [-0.25, -0.2) is 0 Å². The molecular formula is C9H15O. The number of hydrogen-bond donors (Lipinski definition) is 0. The molecule has 2 rings (SSSR count). The zero-order chi connectivity index (χ0) is 6.97. The minimum absolute atomic E-state index is 0.649. The van der Waals surface area contributed by atoms with Crippen LogP contribution in [0.3, 0.4) is 0 Å². The first kappa shape index (κ1) is 6.66. The largest absolute Gasteiger partial charge is 0.369 e. The first-order valence-corrected chi connectivity index (χ1v) is 4.36. The van der Waals surface area contributed by atoms with Crippen LogP contribution in [0.2, 0.25) is 0 Å². The van der Waals surface area contributed by atoms with Crippen LogP contribution in [-0.2, 0) is 4.74 Å². The molecule has 1 aliphatic heterocycles. The smallest absolute Gasteiger partial charge is 0.0869 e. The van der Waals surface area contributed by atoms with Crippen LogP contribution in [-0.4, -0.2) is 12.2 Å². The lowest BCUT2D eigenvalue weighted by Crippen LogP contribution is -2.15. The van der Waals surface area contributed by atoms with Gasteiger partial charge < -0.3 is 4.74 Å². The summed E-state index contributed by atoms with van der Waals surface area (Å²) < 4.78 is 5.52. The van der Waals surface area contributed by atoms with E-state index in [9.17, 15) is 0 Å². The Kier molecular flexibility index (Phi) is 1.69. The van der Waals surface area contributed by atoms with Crippen LogP contribution in [0.15, 0.2) is 0 Å². The lowest BCUT2D eigenvalue weighted by atomic mass is 9.86. The normalized spacial score (nSPS) is 44.7. The van der Waals surface area contributed by atoms with Crippen molar-refractivity contribution in [2.24, 2.45) is 5.92 Å². The maximum Gasteiger partial charge on any atom is 0.0869 e. The molecule has 2 fully saturated rings. The Morgan fingerprint density at radius 2 is 2.30 bits per heavy atom. The maximum atomic E-state index is 5.52. The molecule has 1 heteroatoms. The summed E-state index contributed by atoms with van der Waals surface area (Å²) in [6.07, 6.45) is 7.75. The Balaban J connectivity index is 1.84. The SMILES string of the molecule is [CH2]CCC1CCCC2OC12. The van der Waals surface area contributed by atoms with E-state index >= 15 is 0 Å². The van der Waals surface area contributed by atoms with Crippen LogP contribution in [0.4, 0.5) is 0 Å². The lowest BCUT2D eigenvalue weighted by molar-refractivity contribution is 0.310. The highest BCUT2D eigenvalue weighted by Gasteiger charge is 2.46. The van der Waals surface area contributed by atoms with Crippen molar-refractivity contribution in [1.82, 2.24) is 0 Å². The molecule has 57 valence electrons. The molecule has 0 N–H and O–H groups in total. The second-order valence-electron chi connectivity index (χ2n) is 3.47. The zero-order valence-corrected chi connectivity index (χ0v) is 6.38. The fourth-order valence-corrected chi connectivity index (χ4v) is 2.12. The van der Waals surface area contributed by atoms with Crippen molar-refractivity contribution in [2.45, 2.75) is 44.3 Å². The number of rotatable bonds is 2. The molecule has 0 aromatic rings. The van der Waals surface area contributed by atoms with Gasteiger partial charge in [0.1, 0.15) is 0 Å². The highest BCUT2D eigenvalue weighted by Crippen LogP contribution is 2.42. The predicted octanol–water partition coefficient (Wildman–Crippen LogP) is 2.17. The number of fused-ring (bicyclic) bond motifs is 1. The van der Waals surface area contributed by atoms with Crippen LogP contribution in [0.25, 0.3) is 0 Å². The molecular weight excluding hydrogens is 124 g/mol. The van der Waals surface area contributed by atoms with Gasteiger partial charge in [-0.05, 0) is 25.2 Å². The van der Waals surface area contributed by atoms with Gasteiger partial charge in [-0.1, -0.05) is 19.8 Å². The van der Waals surface area contributed by atoms with E-state index in [-0.39, 0.29) is 0 Å². The van der Waals surface area contributed by atoms with E-state index in [4.69, 9.17) is 4.74 Å². The van der Waals surface area contributed by atoms with E-state index in [0.29, 0.717) is 12.2 Å². The molecule has 1 aliphatic carbocycles. The molecule has 1 saturated heterocycles. The van der Waals surface area contributed by atoms with E-state index in [1.807, 2.05) is 0 Å². The Hall–Kier alpha value is -0.0400. The standard InChI is InChI=1S/C9H15O/c1-2-4-7-5-3-6-8-9(7)10-8/h7-9H,1-6H2. The molecule has 10 heavy (non-hydrogen) atoms. The number of hydrogen-bond acceptors (Lipinski definition) is 1. The van der Waals surface area contributed by atoms with E-state index in [2.05, 4.69) is 6.92 Å². The third kappa shape index (κ3) is 1.07. The van der Waals surface area contributed by atoms with Gasteiger partial charge in [-0.3, -0.25) is 0 Å². The third-order valence-electron chi connectivity index (χ3n) is 2.72. The summed E-state index contributed by atoms with van der Waals surface area (Å²) in [6.45, 7) is 3.88. The molecule has 0 bridgehead atoms. The average Bonchev–Trinajstić information content (AvgIpc) is 2.67. The summed E-state index contributed by atoms with van der Waals surface area (Å²) >= 11 is 0. The van der Waals surface area contributed by atoms with Crippen LogP contribution in [0.1, 0.15) is 32.1 Å². The molecule has 1 nitrogen and oxygen atoms in total. The fraction of sp³-hybridized carbons (Fsp3) is 0.889. The second kappa shape index (κ2) is 2.54. The quantitative estimate of drug-likeness (QED) is 0.534. The first-order chi connectivity index (χ1) is 4.92. The van der Waals surface area contributed by atoms with Crippen molar-refractivity contribution < 1.29 is 4.74 Å². The molecule has 0 amide bonds. The van der Waals surface area contributed by atoms with Crippen LogP contribution < -0.4 is 0 Å². The Bertz CT molecular complexity index is 120. The summed E-state index contributed by atoms with van der Waals surface area (Å²) in [5.41, 5.74) is 0. The Labute approximate surface area is 62.8 Å². The molecule has 1 radical (unpaired) electrons. The van der Waals surface area contributed by atoms with Crippen molar-refractivity contribution in [1.29, 1.82) is 0 Å². The van der Waals surface area contributed by atoms with E-state index < -0.39 is 0 Å². The Morgan fingerprint density at radius 1 is 1.40 bits per heavy atom. The van der Waals surface area contributed by atoms with Crippen molar-refractivity contribution >= 4 is 0 Å². The van der Waals surface area contributed by atoms with Gasteiger partial charge in [-0.2, -0.15) is 0 Å². The summed E-state index contributed by atoms with van der Waals surface area (Å²) in [5.74, 6) is 0.858. The van der Waals surface area contributed by atoms with E-state index in [1.165, 1.54) is 25.7 Å². The monoisotopic (exact) mass is 139 g/mol. The van der Waals surface area contributed by atoms with Crippen LogP contribution >= 0.6 is 0 Å². The van der Waals surface area contributed by atoms with Gasteiger partial charge in [0.2, 0.25) is 0 Å². The topological polar surface area (TPSA) is 12.5 Å². The van der Waals surface area contributed by atoms with Gasteiger partial charge in [-0.15, -0.1) is 0 Å². The van der Waals surface area contributed by atoms with Crippen molar-refractivity contribution in [3.8, 4) is 0 Å². The lowest BCUT2D eigenvalue weighted by Gasteiger charge is -2.16. The number of ether oxygens (including phenoxy) is 1. The second-order valence-corrected chi connectivity index (χ2v) is 3.47. The maximum absolute atomic E-state index is 5.52. The van der Waals surface area contributed by atoms with Gasteiger partial charge >= 0.3 is 0 Å². The Morgan fingerprint density at radius 3 is 3.10 bits per heavy atom. The molecule has 3 atom stereocenters. The van der Waals surface area contributed by atoms with Gasteiger partial charge in [0, 0.05) is 0 Å². The van der Waals surface area contributed by atoms with E-state index in [0.717, 1.165) is 12.3 Å². The first-order valence-electron chi connectivity index (χ1n) is 4.36.